The summed E-state index contributed by atoms with van der Waals surface area (Å²) < 4.78 is 0. The van der Waals surface area contributed by atoms with Crippen LogP contribution in [0, 0.1) is 0 Å². The number of aryl methyl sites for hydroxylation is 2. The average molecular weight is 287 g/mol. The zero-order chi connectivity index (χ0) is 14.7. The molecule has 0 saturated heterocycles. The number of carbonyl (C=O) groups excluding carboxylic acids is 1. The van der Waals surface area contributed by atoms with Crippen LogP contribution in [-0.4, -0.2) is 13.0 Å². The molecule has 1 N–H and O–H groups in total. The summed E-state index contributed by atoms with van der Waals surface area (Å²) in [5.74, 6) is 0.454. The Balaban J connectivity index is 1.99. The Kier molecular flexibility index (Phi) is 4.59. The lowest BCUT2D eigenvalue weighted by Gasteiger charge is -2.27. The Morgan fingerprint density at radius 1 is 1.05 bits per heavy atom. The Labute approximate surface area is 127 Å². The molecule has 2 aliphatic rings. The maximum Gasteiger partial charge on any atom is 0.275 e. The third-order valence-electron chi connectivity index (χ3n) is 5.00. The van der Waals surface area contributed by atoms with E-state index in [2.05, 4.69) is 17.6 Å². The molecule has 1 aromatic rings. The first kappa shape index (κ1) is 14.6. The van der Waals surface area contributed by atoms with Crippen molar-refractivity contribution >= 4 is 5.91 Å². The van der Waals surface area contributed by atoms with E-state index in [0.29, 0.717) is 5.92 Å². The van der Waals surface area contributed by atoms with Crippen molar-refractivity contribution in [2.24, 2.45) is 0 Å². The summed E-state index contributed by atoms with van der Waals surface area (Å²) in [5, 5.41) is 0. The molecule has 0 spiro atoms. The fourth-order valence-corrected chi connectivity index (χ4v) is 3.90. The lowest BCUT2D eigenvalue weighted by molar-refractivity contribution is 0.0536. The third kappa shape index (κ3) is 3.13. The predicted molar refractivity (Wildman–Crippen MR) is 83.4 cm³/mol. The minimum Gasteiger partial charge on any atom is -0.277 e. The van der Waals surface area contributed by atoms with Crippen LogP contribution >= 0.6 is 0 Å². The van der Waals surface area contributed by atoms with Crippen molar-refractivity contribution in [3.63, 3.8) is 0 Å². The molecule has 1 fully saturated rings. The minimum atomic E-state index is -0.0913. The molecule has 1 aromatic carbocycles. The zero-order valence-corrected chi connectivity index (χ0v) is 12.9. The summed E-state index contributed by atoms with van der Waals surface area (Å²) in [5.41, 5.74) is 7.43. The Bertz CT molecular complexity index is 518. The summed E-state index contributed by atoms with van der Waals surface area (Å²) in [4.78, 5) is 17.2. The van der Waals surface area contributed by atoms with Crippen molar-refractivity contribution in [2.75, 3.05) is 7.11 Å². The fraction of sp³-hybridized carbons (Fsp3) is 0.611. The molecule has 114 valence electrons. The smallest absolute Gasteiger partial charge is 0.275 e. The minimum absolute atomic E-state index is 0.0913. The molecule has 0 heterocycles. The number of hydrogen-bond acceptors (Lipinski definition) is 2. The molecule has 0 aliphatic heterocycles. The Hall–Kier alpha value is -1.35. The van der Waals surface area contributed by atoms with Crippen molar-refractivity contribution in [1.29, 1.82) is 0 Å². The van der Waals surface area contributed by atoms with Gasteiger partial charge in [-0.1, -0.05) is 25.3 Å². The van der Waals surface area contributed by atoms with Crippen molar-refractivity contribution in [2.45, 2.75) is 63.7 Å². The van der Waals surface area contributed by atoms with Gasteiger partial charge in [0, 0.05) is 5.56 Å². The van der Waals surface area contributed by atoms with Crippen molar-refractivity contribution in [3.8, 4) is 0 Å². The number of hydroxylamine groups is 1. The van der Waals surface area contributed by atoms with Crippen LogP contribution in [0.15, 0.2) is 12.1 Å². The van der Waals surface area contributed by atoms with E-state index in [1.165, 1.54) is 75.2 Å². The highest BCUT2D eigenvalue weighted by Crippen LogP contribution is 2.37. The fourth-order valence-electron chi connectivity index (χ4n) is 3.90. The SMILES string of the molecule is CONC(=O)c1cc2c(cc1C1CCCCC1)CCCC2. The summed E-state index contributed by atoms with van der Waals surface area (Å²) in [6.45, 7) is 0. The van der Waals surface area contributed by atoms with Gasteiger partial charge in [0.15, 0.2) is 0 Å². The second kappa shape index (κ2) is 6.61. The van der Waals surface area contributed by atoms with Crippen LogP contribution in [0.4, 0.5) is 0 Å². The molecule has 3 rings (SSSR count). The number of rotatable bonds is 3. The molecule has 0 aromatic heterocycles. The van der Waals surface area contributed by atoms with Gasteiger partial charge in [0.25, 0.3) is 5.91 Å². The van der Waals surface area contributed by atoms with Crippen LogP contribution in [-0.2, 0) is 17.7 Å². The van der Waals surface area contributed by atoms with Gasteiger partial charge in [-0.2, -0.15) is 0 Å². The maximum atomic E-state index is 12.4. The molecule has 1 amide bonds. The van der Waals surface area contributed by atoms with Gasteiger partial charge in [-0.05, 0) is 67.2 Å². The predicted octanol–water partition coefficient (Wildman–Crippen LogP) is 3.90. The standard InChI is InChI=1S/C18H25NO2/c1-21-19-18(20)17-12-15-10-6-5-9-14(15)11-16(17)13-7-3-2-4-8-13/h11-13H,2-10H2,1H3,(H,19,20). The van der Waals surface area contributed by atoms with E-state index in [-0.39, 0.29) is 5.91 Å². The molecule has 0 atom stereocenters. The first-order valence-corrected chi connectivity index (χ1v) is 8.28. The number of hydrogen-bond donors (Lipinski definition) is 1. The van der Waals surface area contributed by atoms with E-state index in [1.807, 2.05) is 0 Å². The molecule has 21 heavy (non-hydrogen) atoms. The quantitative estimate of drug-likeness (QED) is 0.856. The largest absolute Gasteiger partial charge is 0.277 e. The Morgan fingerprint density at radius 3 is 2.38 bits per heavy atom. The second-order valence-corrected chi connectivity index (χ2v) is 6.39. The highest BCUT2D eigenvalue weighted by molar-refractivity contribution is 5.95. The third-order valence-corrected chi connectivity index (χ3v) is 5.00. The van der Waals surface area contributed by atoms with Crippen molar-refractivity contribution < 1.29 is 9.63 Å². The highest BCUT2D eigenvalue weighted by Gasteiger charge is 2.24. The summed E-state index contributed by atoms with van der Waals surface area (Å²) in [6, 6.07) is 4.46. The molecule has 1 saturated carbocycles. The molecular formula is C18H25NO2. The number of carbonyl (C=O) groups is 1. The molecule has 0 bridgehead atoms. The number of fused-ring (bicyclic) bond motifs is 1. The van der Waals surface area contributed by atoms with Gasteiger partial charge >= 0.3 is 0 Å². The van der Waals surface area contributed by atoms with Crippen LogP contribution in [0.3, 0.4) is 0 Å². The molecule has 0 radical (unpaired) electrons. The van der Waals surface area contributed by atoms with Gasteiger partial charge in [0.1, 0.15) is 0 Å². The maximum absolute atomic E-state index is 12.4. The topological polar surface area (TPSA) is 38.3 Å². The van der Waals surface area contributed by atoms with Gasteiger partial charge in [-0.25, -0.2) is 5.48 Å². The van der Waals surface area contributed by atoms with Gasteiger partial charge in [-0.15, -0.1) is 0 Å². The average Bonchev–Trinajstić information content (AvgIpc) is 2.54. The summed E-state index contributed by atoms with van der Waals surface area (Å²) in [7, 11) is 1.50. The lowest BCUT2D eigenvalue weighted by atomic mass is 9.79. The van der Waals surface area contributed by atoms with Crippen molar-refractivity contribution in [1.82, 2.24) is 5.48 Å². The lowest BCUT2D eigenvalue weighted by Crippen LogP contribution is -2.25. The first-order valence-electron chi connectivity index (χ1n) is 8.28. The van der Waals surface area contributed by atoms with E-state index in [4.69, 9.17) is 4.84 Å². The second-order valence-electron chi connectivity index (χ2n) is 6.39. The molecule has 3 nitrogen and oxygen atoms in total. The molecular weight excluding hydrogens is 262 g/mol. The van der Waals surface area contributed by atoms with Gasteiger partial charge < -0.3 is 0 Å². The summed E-state index contributed by atoms with van der Waals surface area (Å²) in [6.07, 6.45) is 11.1. The normalized spacial score (nSPS) is 19.1. The van der Waals surface area contributed by atoms with Gasteiger partial charge in [0.2, 0.25) is 0 Å². The number of nitrogens with one attached hydrogen (secondary N) is 1. The zero-order valence-electron chi connectivity index (χ0n) is 12.9. The van der Waals surface area contributed by atoms with Gasteiger partial charge in [-0.3, -0.25) is 9.63 Å². The van der Waals surface area contributed by atoms with Crippen LogP contribution in [0.2, 0.25) is 0 Å². The van der Waals surface area contributed by atoms with Crippen molar-refractivity contribution in [3.05, 3.63) is 34.4 Å². The van der Waals surface area contributed by atoms with E-state index in [0.717, 1.165) is 12.0 Å². The van der Waals surface area contributed by atoms with E-state index >= 15 is 0 Å². The first-order chi connectivity index (χ1) is 10.3. The van der Waals surface area contributed by atoms with Crippen LogP contribution in [0.25, 0.3) is 0 Å². The van der Waals surface area contributed by atoms with E-state index in [1.54, 1.807) is 0 Å². The Morgan fingerprint density at radius 2 is 1.71 bits per heavy atom. The molecule has 2 aliphatic carbocycles. The van der Waals surface area contributed by atoms with Crippen LogP contribution in [0.1, 0.15) is 77.9 Å². The van der Waals surface area contributed by atoms with Gasteiger partial charge in [0.05, 0.1) is 7.11 Å². The van der Waals surface area contributed by atoms with E-state index in [9.17, 15) is 4.79 Å². The molecule has 3 heteroatoms. The monoisotopic (exact) mass is 287 g/mol. The van der Waals surface area contributed by atoms with E-state index < -0.39 is 0 Å². The highest BCUT2D eigenvalue weighted by atomic mass is 16.6. The summed E-state index contributed by atoms with van der Waals surface area (Å²) >= 11 is 0. The molecule has 0 unspecified atom stereocenters. The number of benzene rings is 1. The van der Waals surface area contributed by atoms with Crippen LogP contribution in [0.5, 0.6) is 0 Å². The van der Waals surface area contributed by atoms with Crippen LogP contribution < -0.4 is 5.48 Å². The number of amides is 1.